The van der Waals surface area contributed by atoms with Crippen molar-refractivity contribution in [3.05, 3.63) is 34.9 Å². The molecule has 1 aromatic rings. The molecular formula is C27H44N4O5. The van der Waals surface area contributed by atoms with Crippen LogP contribution in [-0.4, -0.2) is 77.1 Å². The summed E-state index contributed by atoms with van der Waals surface area (Å²) >= 11 is 0. The molecule has 9 nitrogen and oxygen atoms in total. The van der Waals surface area contributed by atoms with Crippen LogP contribution in [0.3, 0.4) is 0 Å². The maximum Gasteiger partial charge on any atom is 0.234 e. The van der Waals surface area contributed by atoms with Crippen LogP contribution in [0.25, 0.3) is 0 Å². The molecule has 0 saturated heterocycles. The molecule has 0 atom stereocenters. The molecule has 0 bridgehead atoms. The fourth-order valence-electron chi connectivity index (χ4n) is 3.12. The van der Waals surface area contributed by atoms with Gasteiger partial charge in [0.1, 0.15) is 13.1 Å². The number of ether oxygens (including phenoxy) is 2. The van der Waals surface area contributed by atoms with E-state index in [4.69, 9.17) is 20.0 Å². The number of benzene rings is 1. The number of hydrogen-bond acceptors (Lipinski definition) is 8. The largest absolute Gasteiger partial charge is 0.381 e. The summed E-state index contributed by atoms with van der Waals surface area (Å²) in [5.41, 5.74) is 10.5. The van der Waals surface area contributed by atoms with E-state index in [1.54, 1.807) is 18.1 Å². The molecule has 36 heavy (non-hydrogen) atoms. The normalized spacial score (nSPS) is 10.2. The third kappa shape index (κ3) is 16.9. The van der Waals surface area contributed by atoms with Crippen LogP contribution in [0.5, 0.6) is 0 Å². The molecule has 0 heterocycles. The number of hydrogen-bond donors (Lipinski definition) is 3. The second-order valence-corrected chi connectivity index (χ2v) is 8.01. The Hall–Kier alpha value is -2.61. The number of amides is 1. The van der Waals surface area contributed by atoms with E-state index >= 15 is 0 Å². The first-order valence-electron chi connectivity index (χ1n) is 12.5. The number of rotatable bonds is 19. The molecule has 0 radical (unpaired) electrons. The van der Waals surface area contributed by atoms with Gasteiger partial charge in [-0.15, -0.1) is 0 Å². The Balaban J connectivity index is 0.00000596. The Morgan fingerprint density at radius 2 is 1.83 bits per heavy atom. The molecule has 1 rings (SSSR count). The number of nitrogens with zero attached hydrogens (tertiary/aromatic N) is 1. The van der Waals surface area contributed by atoms with Crippen LogP contribution in [0.15, 0.2) is 18.2 Å². The van der Waals surface area contributed by atoms with Crippen molar-refractivity contribution in [3.8, 4) is 11.8 Å². The van der Waals surface area contributed by atoms with Gasteiger partial charge in [-0.2, -0.15) is 0 Å². The Morgan fingerprint density at radius 1 is 1.11 bits per heavy atom. The first-order chi connectivity index (χ1) is 17.6. The van der Waals surface area contributed by atoms with Gasteiger partial charge in [0.05, 0.1) is 6.61 Å². The molecule has 0 spiro atoms. The highest BCUT2D eigenvalue weighted by Crippen LogP contribution is 2.14. The number of hydrazine groups is 1. The van der Waals surface area contributed by atoms with Gasteiger partial charge in [-0.3, -0.25) is 15.0 Å². The molecule has 1 aromatic carbocycles. The van der Waals surface area contributed by atoms with Gasteiger partial charge >= 0.3 is 0 Å². The van der Waals surface area contributed by atoms with Gasteiger partial charge in [-0.25, -0.2) is 5.01 Å². The van der Waals surface area contributed by atoms with Gasteiger partial charge < -0.3 is 25.3 Å². The average Bonchev–Trinajstić information content (AvgIpc) is 2.89. The van der Waals surface area contributed by atoms with Crippen LogP contribution in [0.1, 0.15) is 66.9 Å². The topological polar surface area (TPSA) is 123 Å². The predicted octanol–water partition coefficient (Wildman–Crippen LogP) is 2.07. The van der Waals surface area contributed by atoms with Gasteiger partial charge in [0.2, 0.25) is 5.91 Å². The van der Waals surface area contributed by atoms with E-state index < -0.39 is 0 Å². The van der Waals surface area contributed by atoms with Crippen molar-refractivity contribution in [3.63, 3.8) is 0 Å². The lowest BCUT2D eigenvalue weighted by Crippen LogP contribution is -2.39. The average molecular weight is 505 g/mol. The Kier molecular flexibility index (Phi) is 22.4. The zero-order valence-electron chi connectivity index (χ0n) is 22.0. The molecule has 0 fully saturated rings. The summed E-state index contributed by atoms with van der Waals surface area (Å²) in [6.07, 6.45) is 5.61. The first kappa shape index (κ1) is 33.4. The van der Waals surface area contributed by atoms with E-state index in [1.807, 2.05) is 18.9 Å². The van der Waals surface area contributed by atoms with Crippen LogP contribution in [0.4, 0.5) is 0 Å². The summed E-state index contributed by atoms with van der Waals surface area (Å²) in [7, 11) is 1.80. The lowest BCUT2D eigenvalue weighted by molar-refractivity contribution is -0.125. The second-order valence-electron chi connectivity index (χ2n) is 8.01. The lowest BCUT2D eigenvalue weighted by atomic mass is 10.0. The SMILES string of the molecule is C=O.CCCCC(=O)NN(C)Cc1c(C#CCCNCCOCCCOCCCN)cccc1C=O. The molecule has 0 unspecified atom stereocenters. The maximum absolute atomic E-state index is 12.0. The molecule has 4 N–H and O–H groups in total. The maximum atomic E-state index is 12.0. The summed E-state index contributed by atoms with van der Waals surface area (Å²) in [6.45, 7) is 9.41. The molecule has 202 valence electrons. The van der Waals surface area contributed by atoms with E-state index in [1.165, 1.54) is 0 Å². The highest BCUT2D eigenvalue weighted by Gasteiger charge is 2.11. The van der Waals surface area contributed by atoms with Crippen molar-refractivity contribution in [2.75, 3.05) is 53.1 Å². The highest BCUT2D eigenvalue weighted by molar-refractivity contribution is 5.79. The van der Waals surface area contributed by atoms with Crippen molar-refractivity contribution in [2.24, 2.45) is 5.73 Å². The standard InChI is InChI=1S/C26H42N4O4.CH2O/c1-3-4-13-26(32)29-30(2)21-25-23(11-7-12-24(25)22-31)10-5-6-15-28-16-20-34-19-9-18-33-17-8-14-27;1-2/h7,11-12,22,28H,3-4,6,8-9,13-21,27H2,1-2H3,(H,29,32);1H2. The molecular weight excluding hydrogens is 460 g/mol. The summed E-state index contributed by atoms with van der Waals surface area (Å²) in [5, 5.41) is 5.02. The fraction of sp³-hybridized carbons (Fsp3) is 0.593. The molecule has 0 aromatic heterocycles. The Labute approximate surface area is 216 Å². The van der Waals surface area contributed by atoms with E-state index in [9.17, 15) is 9.59 Å². The number of nitrogens with one attached hydrogen (secondary N) is 2. The van der Waals surface area contributed by atoms with E-state index in [-0.39, 0.29) is 5.91 Å². The van der Waals surface area contributed by atoms with Crippen LogP contribution in [-0.2, 0) is 25.6 Å². The van der Waals surface area contributed by atoms with Gasteiger partial charge in [0.15, 0.2) is 0 Å². The minimum absolute atomic E-state index is 0.0218. The van der Waals surface area contributed by atoms with Gasteiger partial charge in [0.25, 0.3) is 0 Å². The minimum atomic E-state index is -0.0218. The number of nitrogens with two attached hydrogens (primary N) is 1. The smallest absolute Gasteiger partial charge is 0.234 e. The van der Waals surface area contributed by atoms with Crippen LogP contribution >= 0.6 is 0 Å². The number of carbonyl (C=O) groups excluding carboxylic acids is 3. The molecule has 0 aliphatic heterocycles. The quantitative estimate of drug-likeness (QED) is 0.113. The molecule has 9 heteroatoms. The van der Waals surface area contributed by atoms with Crippen molar-refractivity contribution in [1.29, 1.82) is 0 Å². The highest BCUT2D eigenvalue weighted by atomic mass is 16.5. The van der Waals surface area contributed by atoms with E-state index in [2.05, 4.69) is 29.5 Å². The third-order valence-corrected chi connectivity index (χ3v) is 4.95. The van der Waals surface area contributed by atoms with Crippen LogP contribution in [0.2, 0.25) is 0 Å². The minimum Gasteiger partial charge on any atom is -0.381 e. The first-order valence-corrected chi connectivity index (χ1v) is 12.5. The summed E-state index contributed by atoms with van der Waals surface area (Å²) in [6, 6.07) is 5.51. The van der Waals surface area contributed by atoms with Crippen LogP contribution in [0, 0.1) is 11.8 Å². The van der Waals surface area contributed by atoms with Crippen molar-refractivity contribution < 1.29 is 23.9 Å². The van der Waals surface area contributed by atoms with Gasteiger partial charge in [-0.1, -0.05) is 37.3 Å². The molecule has 0 saturated carbocycles. The van der Waals surface area contributed by atoms with E-state index in [0.29, 0.717) is 57.9 Å². The summed E-state index contributed by atoms with van der Waals surface area (Å²) in [5.74, 6) is 6.33. The number of carbonyl (C=O) groups is 3. The number of unbranched alkanes of at least 4 members (excludes halogenated alkanes) is 1. The van der Waals surface area contributed by atoms with E-state index in [0.717, 1.165) is 56.2 Å². The molecule has 0 aliphatic carbocycles. The lowest BCUT2D eigenvalue weighted by Gasteiger charge is -2.20. The van der Waals surface area contributed by atoms with Crippen molar-refractivity contribution in [2.45, 2.75) is 52.0 Å². The van der Waals surface area contributed by atoms with Crippen molar-refractivity contribution >= 4 is 19.0 Å². The van der Waals surface area contributed by atoms with Gasteiger partial charge in [-0.05, 0) is 37.4 Å². The monoisotopic (exact) mass is 504 g/mol. The Bertz CT molecular complexity index is 779. The fourth-order valence-corrected chi connectivity index (χ4v) is 3.12. The third-order valence-electron chi connectivity index (χ3n) is 4.95. The molecule has 0 aliphatic rings. The summed E-state index contributed by atoms with van der Waals surface area (Å²) < 4.78 is 11.0. The zero-order valence-corrected chi connectivity index (χ0v) is 22.0. The zero-order chi connectivity index (χ0) is 26.9. The van der Waals surface area contributed by atoms with Gasteiger partial charge in [0, 0.05) is 70.5 Å². The summed E-state index contributed by atoms with van der Waals surface area (Å²) in [4.78, 5) is 31.5. The van der Waals surface area contributed by atoms with Crippen molar-refractivity contribution in [1.82, 2.24) is 15.8 Å². The predicted molar refractivity (Wildman–Crippen MR) is 142 cm³/mol. The number of aldehydes is 1. The molecule has 1 amide bonds. The Morgan fingerprint density at radius 3 is 2.53 bits per heavy atom. The van der Waals surface area contributed by atoms with Crippen LogP contribution < -0.4 is 16.5 Å². The second kappa shape index (κ2) is 24.1.